The zero-order valence-corrected chi connectivity index (χ0v) is 22.8. The maximum atomic E-state index is 9.16. The number of nitrogens with one attached hydrogen (secondary N) is 1. The highest BCUT2D eigenvalue weighted by Crippen LogP contribution is 2.34. The van der Waals surface area contributed by atoms with Gasteiger partial charge in [-0.2, -0.15) is 5.10 Å². The van der Waals surface area contributed by atoms with Crippen molar-refractivity contribution in [3.63, 3.8) is 0 Å². The molecule has 1 saturated heterocycles. The van der Waals surface area contributed by atoms with E-state index in [9.17, 15) is 0 Å². The molecule has 0 atom stereocenters. The lowest BCUT2D eigenvalue weighted by molar-refractivity contribution is 0.188. The largest absolute Gasteiger partial charge is 0.395 e. The van der Waals surface area contributed by atoms with E-state index in [-0.39, 0.29) is 6.61 Å². The molecule has 0 aliphatic carbocycles. The molecule has 1 aliphatic heterocycles. The second kappa shape index (κ2) is 11.3. The molecule has 1 fully saturated rings. The van der Waals surface area contributed by atoms with Crippen LogP contribution in [0.2, 0.25) is 0 Å². The van der Waals surface area contributed by atoms with Crippen LogP contribution in [0.3, 0.4) is 0 Å². The van der Waals surface area contributed by atoms with E-state index in [0.717, 1.165) is 84.1 Å². The summed E-state index contributed by atoms with van der Waals surface area (Å²) in [6.45, 7) is 13.0. The minimum atomic E-state index is 0.218. The van der Waals surface area contributed by atoms with Gasteiger partial charge in [0.1, 0.15) is 12.1 Å². The molecule has 5 aromatic rings. The molecule has 4 aromatic heterocycles. The predicted octanol–water partition coefficient (Wildman–Crippen LogP) is 4.95. The van der Waals surface area contributed by atoms with Gasteiger partial charge in [-0.1, -0.05) is 32.9 Å². The summed E-state index contributed by atoms with van der Waals surface area (Å²) in [5.41, 5.74) is 8.93. The molecule has 0 unspecified atom stereocenters. The maximum absolute atomic E-state index is 9.16. The van der Waals surface area contributed by atoms with Crippen LogP contribution >= 0.6 is 0 Å². The molecule has 0 amide bonds. The number of aliphatic hydroxyl groups excluding tert-OH is 1. The molecule has 0 radical (unpaired) electrons. The molecule has 38 heavy (non-hydrogen) atoms. The number of rotatable bonds is 6. The number of fused-ring (bicyclic) bond motifs is 2. The first-order valence-electron chi connectivity index (χ1n) is 13.6. The SMILES string of the molecule is CC.CCc1c(-c2cc(C)c3ncnn3c2)[nH]c2cc(-c3ccc(N4CCN(CCO)CC4)nc3)ccc12. The van der Waals surface area contributed by atoms with Gasteiger partial charge >= 0.3 is 0 Å². The summed E-state index contributed by atoms with van der Waals surface area (Å²) < 4.78 is 1.85. The number of nitrogens with zero attached hydrogens (tertiary/aromatic N) is 6. The van der Waals surface area contributed by atoms with Crippen molar-refractivity contribution < 1.29 is 5.11 Å². The van der Waals surface area contributed by atoms with Gasteiger partial charge in [-0.15, -0.1) is 0 Å². The quantitative estimate of drug-likeness (QED) is 0.336. The number of aliphatic hydroxyl groups is 1. The first-order valence-corrected chi connectivity index (χ1v) is 13.6. The van der Waals surface area contributed by atoms with Gasteiger partial charge < -0.3 is 15.0 Å². The Hall–Kier alpha value is -3.75. The van der Waals surface area contributed by atoms with Crippen LogP contribution in [0.25, 0.3) is 38.9 Å². The Balaban J connectivity index is 0.00000144. The molecule has 1 aromatic carbocycles. The average molecular weight is 512 g/mol. The first kappa shape index (κ1) is 25.9. The standard InChI is InChI=1S/C28H31N7O.C2H6/c1-3-23-24-6-4-20(21-5-7-26(29-16-21)34-10-8-33(9-11-34)12-13-36)15-25(24)32-27(23)22-14-19(2)28-30-18-31-35(28)17-22;1-2/h4-7,14-18,32,36H,3,8-13H2,1-2H3;1-2H3. The first-order chi connectivity index (χ1) is 18.6. The molecular weight excluding hydrogens is 474 g/mol. The molecular formula is C30H37N7O. The molecule has 198 valence electrons. The maximum Gasteiger partial charge on any atom is 0.158 e. The lowest BCUT2D eigenvalue weighted by atomic mass is 10.0. The second-order valence-corrected chi connectivity index (χ2v) is 9.49. The summed E-state index contributed by atoms with van der Waals surface area (Å²) in [6, 6.07) is 13.1. The minimum Gasteiger partial charge on any atom is -0.395 e. The molecule has 6 rings (SSSR count). The normalized spacial score (nSPS) is 14.2. The molecule has 0 bridgehead atoms. The van der Waals surface area contributed by atoms with Crippen LogP contribution in [-0.4, -0.2) is 73.9 Å². The number of aromatic nitrogens is 5. The smallest absolute Gasteiger partial charge is 0.158 e. The molecule has 8 nitrogen and oxygen atoms in total. The predicted molar refractivity (Wildman–Crippen MR) is 155 cm³/mol. The highest BCUT2D eigenvalue weighted by Gasteiger charge is 2.18. The van der Waals surface area contributed by atoms with Crippen molar-refractivity contribution in [2.75, 3.05) is 44.2 Å². The number of anilines is 1. The van der Waals surface area contributed by atoms with Gasteiger partial charge in [0, 0.05) is 67.1 Å². The molecule has 0 saturated carbocycles. The van der Waals surface area contributed by atoms with E-state index in [1.54, 1.807) is 6.33 Å². The number of pyridine rings is 2. The van der Waals surface area contributed by atoms with Crippen molar-refractivity contribution in [3.05, 3.63) is 66.2 Å². The number of H-pyrrole nitrogens is 1. The average Bonchev–Trinajstić information content (AvgIpc) is 3.59. The minimum absolute atomic E-state index is 0.218. The van der Waals surface area contributed by atoms with E-state index in [1.807, 2.05) is 30.8 Å². The van der Waals surface area contributed by atoms with Crippen molar-refractivity contribution in [2.45, 2.75) is 34.1 Å². The third-order valence-corrected chi connectivity index (χ3v) is 7.30. The van der Waals surface area contributed by atoms with Crippen LogP contribution in [0.4, 0.5) is 5.82 Å². The van der Waals surface area contributed by atoms with Gasteiger partial charge in [0.15, 0.2) is 5.65 Å². The molecule has 0 spiro atoms. The number of benzene rings is 1. The van der Waals surface area contributed by atoms with Gasteiger partial charge in [0.05, 0.1) is 12.3 Å². The van der Waals surface area contributed by atoms with E-state index in [2.05, 4.69) is 75.1 Å². The van der Waals surface area contributed by atoms with Crippen LogP contribution in [-0.2, 0) is 6.42 Å². The summed E-state index contributed by atoms with van der Waals surface area (Å²) >= 11 is 0. The third kappa shape index (κ3) is 4.89. The lowest BCUT2D eigenvalue weighted by Gasteiger charge is -2.35. The lowest BCUT2D eigenvalue weighted by Crippen LogP contribution is -2.47. The zero-order valence-electron chi connectivity index (χ0n) is 22.8. The number of piperazine rings is 1. The van der Waals surface area contributed by atoms with Crippen molar-refractivity contribution in [2.24, 2.45) is 0 Å². The van der Waals surface area contributed by atoms with Gasteiger partial charge in [-0.3, -0.25) is 4.90 Å². The Morgan fingerprint density at radius 1 is 0.947 bits per heavy atom. The Kier molecular flexibility index (Phi) is 7.72. The van der Waals surface area contributed by atoms with E-state index < -0.39 is 0 Å². The van der Waals surface area contributed by atoms with Crippen LogP contribution in [0.5, 0.6) is 0 Å². The van der Waals surface area contributed by atoms with Crippen LogP contribution in [0.15, 0.2) is 55.1 Å². The zero-order chi connectivity index (χ0) is 26.6. The number of hydrogen-bond acceptors (Lipinski definition) is 6. The van der Waals surface area contributed by atoms with Crippen LogP contribution in [0, 0.1) is 6.92 Å². The highest BCUT2D eigenvalue weighted by atomic mass is 16.3. The number of hydrogen-bond donors (Lipinski definition) is 2. The molecule has 8 heteroatoms. The number of β-amino-alcohol motifs (C(OH)–C–C–N with tert-alkyl or cyclic N) is 1. The topological polar surface area (TPSA) is 85.6 Å². The van der Waals surface area contributed by atoms with E-state index in [1.165, 1.54) is 10.9 Å². The third-order valence-electron chi connectivity index (χ3n) is 7.30. The van der Waals surface area contributed by atoms with E-state index in [4.69, 9.17) is 10.1 Å². The summed E-state index contributed by atoms with van der Waals surface area (Å²) in [7, 11) is 0. The van der Waals surface area contributed by atoms with Crippen molar-refractivity contribution in [1.82, 2.24) is 29.5 Å². The Morgan fingerprint density at radius 2 is 1.74 bits per heavy atom. The van der Waals surface area contributed by atoms with Gasteiger partial charge in [-0.25, -0.2) is 14.5 Å². The second-order valence-electron chi connectivity index (χ2n) is 9.49. The monoisotopic (exact) mass is 511 g/mol. The van der Waals surface area contributed by atoms with Gasteiger partial charge in [-0.05, 0) is 54.3 Å². The number of aromatic amines is 1. The molecule has 5 heterocycles. The fourth-order valence-electron chi connectivity index (χ4n) is 5.37. The van der Waals surface area contributed by atoms with Gasteiger partial charge in [0.2, 0.25) is 0 Å². The number of aryl methyl sites for hydroxylation is 2. The highest BCUT2D eigenvalue weighted by molar-refractivity contribution is 5.93. The Labute approximate surface area is 224 Å². The molecule has 2 N–H and O–H groups in total. The Bertz CT molecular complexity index is 1510. The van der Waals surface area contributed by atoms with Gasteiger partial charge in [0.25, 0.3) is 0 Å². The summed E-state index contributed by atoms with van der Waals surface area (Å²) in [5, 5.41) is 14.8. The fraction of sp³-hybridized carbons (Fsp3) is 0.367. The van der Waals surface area contributed by atoms with Crippen molar-refractivity contribution >= 4 is 22.4 Å². The fourth-order valence-corrected chi connectivity index (χ4v) is 5.37. The van der Waals surface area contributed by atoms with Crippen molar-refractivity contribution in [3.8, 4) is 22.4 Å². The summed E-state index contributed by atoms with van der Waals surface area (Å²) in [5.74, 6) is 1.01. The van der Waals surface area contributed by atoms with Crippen molar-refractivity contribution in [1.29, 1.82) is 0 Å². The summed E-state index contributed by atoms with van der Waals surface area (Å²) in [4.78, 5) is 17.4. The van der Waals surface area contributed by atoms with Crippen LogP contribution in [0.1, 0.15) is 31.9 Å². The molecule has 1 aliphatic rings. The van der Waals surface area contributed by atoms with Crippen LogP contribution < -0.4 is 4.90 Å². The van der Waals surface area contributed by atoms with E-state index in [0.29, 0.717) is 0 Å². The summed E-state index contributed by atoms with van der Waals surface area (Å²) in [6.07, 6.45) is 6.56. The van der Waals surface area contributed by atoms with E-state index >= 15 is 0 Å². The Morgan fingerprint density at radius 3 is 2.45 bits per heavy atom.